The van der Waals surface area contributed by atoms with E-state index >= 15 is 0 Å². The highest BCUT2D eigenvalue weighted by Gasteiger charge is 2.31. The molecule has 0 radical (unpaired) electrons. The largest absolute Gasteiger partial charge is 0.365 e. The van der Waals surface area contributed by atoms with Gasteiger partial charge in [-0.25, -0.2) is 4.98 Å². The van der Waals surface area contributed by atoms with E-state index in [1.807, 2.05) is 24.0 Å². The molecule has 2 amide bonds. The molecule has 2 N–H and O–H groups in total. The lowest BCUT2D eigenvalue weighted by atomic mass is 9.96. The minimum Gasteiger partial charge on any atom is -0.365 e. The number of anilines is 2. The van der Waals surface area contributed by atoms with Gasteiger partial charge in [0.25, 0.3) is 11.6 Å². The molecule has 1 aromatic heterocycles. The Kier molecular flexibility index (Phi) is 5.83. The second kappa shape index (κ2) is 8.71. The second-order valence-electron chi connectivity index (χ2n) is 8.15. The molecule has 1 aromatic carbocycles. The van der Waals surface area contributed by atoms with Gasteiger partial charge in [0.1, 0.15) is 11.5 Å². The summed E-state index contributed by atoms with van der Waals surface area (Å²) >= 11 is 0. The zero-order chi connectivity index (χ0) is 22.0. The number of amides is 2. The summed E-state index contributed by atoms with van der Waals surface area (Å²) in [6.45, 7) is 2.83. The summed E-state index contributed by atoms with van der Waals surface area (Å²) in [6, 6.07) is 10.1. The number of carbonyl (C=O) groups excluding carboxylic acids is 2. The molecule has 162 valence electrons. The van der Waals surface area contributed by atoms with Gasteiger partial charge in [-0.2, -0.15) is 0 Å². The third-order valence-corrected chi connectivity index (χ3v) is 5.62. The third-order valence-electron chi connectivity index (χ3n) is 5.62. The minimum atomic E-state index is -0.469. The number of piperidine rings is 1. The molecule has 1 aliphatic heterocycles. The van der Waals surface area contributed by atoms with E-state index in [0.717, 1.165) is 25.0 Å². The number of benzene rings is 1. The average Bonchev–Trinajstić information content (AvgIpc) is 3.57. The minimum absolute atomic E-state index is 0.121. The molecular formula is C22H25N5O4. The van der Waals surface area contributed by atoms with Crippen molar-refractivity contribution in [2.75, 3.05) is 23.3 Å². The van der Waals surface area contributed by atoms with Crippen molar-refractivity contribution in [3.8, 4) is 0 Å². The van der Waals surface area contributed by atoms with Crippen molar-refractivity contribution >= 4 is 29.0 Å². The first-order valence-electron chi connectivity index (χ1n) is 10.5. The molecule has 1 aliphatic carbocycles. The van der Waals surface area contributed by atoms with Crippen LogP contribution in [0.3, 0.4) is 0 Å². The smallest absolute Gasteiger partial charge is 0.293 e. The van der Waals surface area contributed by atoms with Gasteiger partial charge in [0.05, 0.1) is 10.8 Å². The summed E-state index contributed by atoms with van der Waals surface area (Å²) in [5.74, 6) is -0.253. The third kappa shape index (κ3) is 4.99. The highest BCUT2D eigenvalue weighted by molar-refractivity contribution is 5.96. The van der Waals surface area contributed by atoms with Crippen LogP contribution >= 0.6 is 0 Å². The van der Waals surface area contributed by atoms with Crippen LogP contribution in [-0.4, -0.2) is 40.9 Å². The van der Waals surface area contributed by atoms with Crippen molar-refractivity contribution in [2.45, 2.75) is 38.6 Å². The summed E-state index contributed by atoms with van der Waals surface area (Å²) in [6.07, 6.45) is 3.33. The van der Waals surface area contributed by atoms with Crippen LogP contribution in [0.1, 0.15) is 41.7 Å². The maximum Gasteiger partial charge on any atom is 0.293 e. The lowest BCUT2D eigenvalue weighted by Gasteiger charge is -2.33. The maximum absolute atomic E-state index is 12.8. The van der Waals surface area contributed by atoms with Crippen LogP contribution in [0.15, 0.2) is 36.4 Å². The number of aryl methyl sites for hydroxylation is 1. The summed E-state index contributed by atoms with van der Waals surface area (Å²) in [5, 5.41) is 17.4. The van der Waals surface area contributed by atoms with Crippen LogP contribution < -0.4 is 15.5 Å². The highest BCUT2D eigenvalue weighted by atomic mass is 16.6. The maximum atomic E-state index is 12.8. The van der Waals surface area contributed by atoms with Crippen molar-refractivity contribution < 1.29 is 14.5 Å². The first kappa shape index (κ1) is 20.8. The molecule has 1 unspecified atom stereocenters. The first-order valence-corrected chi connectivity index (χ1v) is 10.5. The Bertz CT molecular complexity index is 1020. The summed E-state index contributed by atoms with van der Waals surface area (Å²) < 4.78 is 0. The molecule has 2 aromatic rings. The van der Waals surface area contributed by atoms with Crippen molar-refractivity contribution in [2.24, 2.45) is 5.92 Å². The van der Waals surface area contributed by atoms with E-state index in [-0.39, 0.29) is 35.0 Å². The van der Waals surface area contributed by atoms with E-state index in [4.69, 9.17) is 0 Å². The van der Waals surface area contributed by atoms with Gasteiger partial charge in [0, 0.05) is 36.5 Å². The fourth-order valence-corrected chi connectivity index (χ4v) is 3.83. The lowest BCUT2D eigenvalue weighted by molar-refractivity contribution is -0.384. The number of pyridine rings is 1. The van der Waals surface area contributed by atoms with Crippen LogP contribution in [0.2, 0.25) is 0 Å². The zero-order valence-corrected chi connectivity index (χ0v) is 17.3. The molecule has 9 nitrogen and oxygen atoms in total. The predicted molar refractivity (Wildman–Crippen MR) is 116 cm³/mol. The highest BCUT2D eigenvalue weighted by Crippen LogP contribution is 2.33. The van der Waals surface area contributed by atoms with E-state index in [1.165, 1.54) is 6.07 Å². The molecule has 1 saturated carbocycles. The molecule has 0 bridgehead atoms. The summed E-state index contributed by atoms with van der Waals surface area (Å²) in [5.41, 5.74) is 1.40. The van der Waals surface area contributed by atoms with Crippen LogP contribution in [-0.2, 0) is 4.79 Å². The normalized spacial score (nSPS) is 18.4. The van der Waals surface area contributed by atoms with Crippen molar-refractivity contribution in [1.82, 2.24) is 10.3 Å². The van der Waals surface area contributed by atoms with Gasteiger partial charge in [0.15, 0.2) is 0 Å². The van der Waals surface area contributed by atoms with Gasteiger partial charge in [-0.1, -0.05) is 6.07 Å². The zero-order valence-electron chi connectivity index (χ0n) is 17.3. The Morgan fingerprint density at radius 1 is 1.19 bits per heavy atom. The number of nitro benzene ring substituents is 1. The van der Waals surface area contributed by atoms with Gasteiger partial charge in [-0.05, 0) is 56.9 Å². The van der Waals surface area contributed by atoms with Gasteiger partial charge < -0.3 is 15.5 Å². The number of aromatic nitrogens is 1. The van der Waals surface area contributed by atoms with E-state index in [9.17, 15) is 19.7 Å². The SMILES string of the molecule is Cc1cccc(NC(=O)C2CCCN(c3ccc(C(=O)NC4CC4)cc3[N+](=O)[O-])C2)n1. The van der Waals surface area contributed by atoms with Crippen molar-refractivity contribution in [3.05, 3.63) is 57.8 Å². The van der Waals surface area contributed by atoms with Gasteiger partial charge >= 0.3 is 0 Å². The molecule has 1 atom stereocenters. The van der Waals surface area contributed by atoms with Crippen LogP contribution in [0.4, 0.5) is 17.2 Å². The lowest BCUT2D eigenvalue weighted by Crippen LogP contribution is -2.41. The second-order valence-corrected chi connectivity index (χ2v) is 8.15. The van der Waals surface area contributed by atoms with Crippen molar-refractivity contribution in [3.63, 3.8) is 0 Å². The van der Waals surface area contributed by atoms with E-state index < -0.39 is 4.92 Å². The molecule has 4 rings (SSSR count). The fourth-order valence-electron chi connectivity index (χ4n) is 3.83. The first-order chi connectivity index (χ1) is 14.9. The molecular weight excluding hydrogens is 398 g/mol. The Hall–Kier alpha value is -3.49. The van der Waals surface area contributed by atoms with Gasteiger partial charge in [-0.15, -0.1) is 0 Å². The van der Waals surface area contributed by atoms with E-state index in [1.54, 1.807) is 18.2 Å². The Labute approximate surface area is 180 Å². The standard InChI is InChI=1S/C22H25N5O4/c1-14-4-2-6-20(23-14)25-22(29)16-5-3-11-26(13-16)18-10-7-15(12-19(18)27(30)31)21(28)24-17-8-9-17/h2,4,6-7,10,12,16-17H,3,5,8-9,11,13H2,1H3,(H,24,28)(H,23,25,29). The van der Waals surface area contributed by atoms with Gasteiger partial charge in [-0.3, -0.25) is 19.7 Å². The molecule has 31 heavy (non-hydrogen) atoms. The Morgan fingerprint density at radius 3 is 2.71 bits per heavy atom. The molecule has 2 aliphatic rings. The molecule has 2 heterocycles. The van der Waals surface area contributed by atoms with Crippen LogP contribution in [0.5, 0.6) is 0 Å². The summed E-state index contributed by atoms with van der Waals surface area (Å²) in [4.78, 5) is 42.5. The number of rotatable bonds is 6. The van der Waals surface area contributed by atoms with E-state index in [2.05, 4.69) is 15.6 Å². The monoisotopic (exact) mass is 423 g/mol. The summed E-state index contributed by atoms with van der Waals surface area (Å²) in [7, 11) is 0. The van der Waals surface area contributed by atoms with E-state index in [0.29, 0.717) is 31.0 Å². The predicted octanol–water partition coefficient (Wildman–Crippen LogP) is 3.05. The molecule has 1 saturated heterocycles. The molecule has 2 fully saturated rings. The van der Waals surface area contributed by atoms with Gasteiger partial charge in [0.2, 0.25) is 5.91 Å². The van der Waals surface area contributed by atoms with Crippen molar-refractivity contribution in [1.29, 1.82) is 0 Å². The Balaban J connectivity index is 1.49. The quantitative estimate of drug-likeness (QED) is 0.545. The fraction of sp³-hybridized carbons (Fsp3) is 0.409. The average molecular weight is 423 g/mol. The number of hydrogen-bond acceptors (Lipinski definition) is 6. The number of nitro groups is 1. The number of nitrogens with one attached hydrogen (secondary N) is 2. The molecule has 9 heteroatoms. The topological polar surface area (TPSA) is 117 Å². The number of hydrogen-bond donors (Lipinski definition) is 2. The van der Waals surface area contributed by atoms with Crippen LogP contribution in [0, 0.1) is 23.0 Å². The number of carbonyl (C=O) groups is 2. The number of nitrogens with zero attached hydrogens (tertiary/aromatic N) is 3. The molecule has 0 spiro atoms. The van der Waals surface area contributed by atoms with Crippen LogP contribution in [0.25, 0.3) is 0 Å². The Morgan fingerprint density at radius 2 is 2.00 bits per heavy atom.